The molecule has 1 unspecified atom stereocenters. The molecule has 0 radical (unpaired) electrons. The van der Waals surface area contributed by atoms with E-state index in [0.717, 1.165) is 24.3 Å². The van der Waals surface area contributed by atoms with Gasteiger partial charge < -0.3 is 29.8 Å². The number of fused-ring (bicyclic) bond motifs is 1. The first kappa shape index (κ1) is 33.0. The lowest BCUT2D eigenvalue weighted by Gasteiger charge is -2.27. The Morgan fingerprint density at radius 3 is 2.44 bits per heavy atom. The third kappa shape index (κ3) is 8.62. The van der Waals surface area contributed by atoms with Gasteiger partial charge in [0.15, 0.2) is 12.1 Å². The molecular weight excluding hydrogens is 550 g/mol. The van der Waals surface area contributed by atoms with Crippen LogP contribution in [0.1, 0.15) is 39.8 Å². The summed E-state index contributed by atoms with van der Waals surface area (Å²) in [5, 5.41) is 11.1. The van der Waals surface area contributed by atoms with Crippen molar-refractivity contribution in [3.63, 3.8) is 0 Å². The lowest BCUT2D eigenvalue weighted by Crippen LogP contribution is -2.40. The molecule has 2 aromatic carbocycles. The van der Waals surface area contributed by atoms with Crippen molar-refractivity contribution in [1.29, 1.82) is 0 Å². The van der Waals surface area contributed by atoms with Gasteiger partial charge in [0.1, 0.15) is 18.1 Å². The standard InChI is InChI=1S/C29H30ClN3O6.CH4O/c1-18(36)23-7-5-20(30)15-25(23)24(9-11-34)28(39-4)16-33(2)27(10-12-38-3)29(37)32-21-6-8-26-19(13-21)14-22(17-35)31-26;1-2/h5-9,11,13-17,27,31H,10,12H2,1-4H3,(H,32,37);2H,1H3/b24-9-,28-16+;. The Hall–Kier alpha value is -4.25. The third-order valence-corrected chi connectivity index (χ3v) is 6.35. The molecule has 0 saturated carbocycles. The van der Waals surface area contributed by atoms with Crippen LogP contribution in [0.15, 0.2) is 60.5 Å². The fourth-order valence-corrected chi connectivity index (χ4v) is 4.37. The van der Waals surface area contributed by atoms with Crippen molar-refractivity contribution in [2.45, 2.75) is 19.4 Å². The number of allylic oxidation sites excluding steroid dienone is 2. The Balaban J connectivity index is 0.00000287. The number of halogens is 1. The number of carbonyl (C=O) groups is 4. The number of Topliss-reactive ketones (excluding diaryl/α,β-unsaturated/α-hetero) is 1. The molecule has 0 saturated heterocycles. The maximum atomic E-state index is 13.4. The predicted octanol–water partition coefficient (Wildman–Crippen LogP) is 4.49. The number of rotatable bonds is 13. The van der Waals surface area contributed by atoms with Crippen LogP contribution >= 0.6 is 11.6 Å². The minimum atomic E-state index is -0.688. The molecule has 218 valence electrons. The van der Waals surface area contributed by atoms with E-state index in [1.165, 1.54) is 20.1 Å². The van der Waals surface area contributed by atoms with E-state index in [-0.39, 0.29) is 17.4 Å². The molecule has 1 amide bonds. The number of anilines is 1. The van der Waals surface area contributed by atoms with E-state index in [1.807, 2.05) is 0 Å². The molecule has 41 heavy (non-hydrogen) atoms. The normalized spacial score (nSPS) is 12.2. The topological polar surface area (TPSA) is 138 Å². The van der Waals surface area contributed by atoms with E-state index < -0.39 is 6.04 Å². The van der Waals surface area contributed by atoms with Crippen LogP contribution in [0, 0.1) is 0 Å². The van der Waals surface area contributed by atoms with Crippen LogP contribution in [0.5, 0.6) is 0 Å². The van der Waals surface area contributed by atoms with E-state index in [0.29, 0.717) is 52.4 Å². The quantitative estimate of drug-likeness (QED) is 0.0879. The summed E-state index contributed by atoms with van der Waals surface area (Å²) < 4.78 is 10.9. The molecule has 0 aliphatic carbocycles. The molecule has 1 heterocycles. The van der Waals surface area contributed by atoms with Gasteiger partial charge in [-0.25, -0.2) is 0 Å². The van der Waals surface area contributed by atoms with E-state index in [2.05, 4.69) is 10.3 Å². The van der Waals surface area contributed by atoms with Gasteiger partial charge in [-0.1, -0.05) is 11.6 Å². The summed E-state index contributed by atoms with van der Waals surface area (Å²) >= 11 is 6.21. The number of H-pyrrole nitrogens is 1. The Morgan fingerprint density at radius 2 is 1.83 bits per heavy atom. The summed E-state index contributed by atoms with van der Waals surface area (Å²) in [4.78, 5) is 53.0. The summed E-state index contributed by atoms with van der Waals surface area (Å²) in [6, 6.07) is 11.1. The van der Waals surface area contributed by atoms with E-state index in [9.17, 15) is 19.2 Å². The Morgan fingerprint density at radius 1 is 1.10 bits per heavy atom. The number of amides is 1. The molecule has 10 nitrogen and oxygen atoms in total. The van der Waals surface area contributed by atoms with Crippen LogP contribution in [0.2, 0.25) is 5.02 Å². The Kier molecular flexibility index (Phi) is 13.0. The second kappa shape index (κ2) is 16.1. The zero-order chi connectivity index (χ0) is 30.5. The van der Waals surface area contributed by atoms with Crippen LogP contribution in [-0.2, 0) is 19.1 Å². The maximum absolute atomic E-state index is 13.4. The molecule has 1 aromatic heterocycles. The number of nitrogens with one attached hydrogen (secondary N) is 2. The average Bonchev–Trinajstić information content (AvgIpc) is 3.38. The van der Waals surface area contributed by atoms with Gasteiger partial charge in [0.25, 0.3) is 0 Å². The molecule has 0 aliphatic heterocycles. The van der Waals surface area contributed by atoms with Gasteiger partial charge in [-0.3, -0.25) is 19.2 Å². The highest BCUT2D eigenvalue weighted by molar-refractivity contribution is 6.31. The number of nitrogens with zero attached hydrogens (tertiary/aromatic N) is 1. The number of ether oxygens (including phenoxy) is 2. The minimum Gasteiger partial charge on any atom is -0.495 e. The highest BCUT2D eigenvalue weighted by Crippen LogP contribution is 2.30. The molecular formula is C30H34ClN3O7. The van der Waals surface area contributed by atoms with E-state index in [1.54, 1.807) is 67.7 Å². The van der Waals surface area contributed by atoms with Crippen LogP contribution in [-0.4, -0.2) is 80.3 Å². The lowest BCUT2D eigenvalue weighted by molar-refractivity contribution is -0.120. The molecule has 1 atom stereocenters. The van der Waals surface area contributed by atoms with E-state index >= 15 is 0 Å². The molecule has 11 heteroatoms. The third-order valence-electron chi connectivity index (χ3n) is 6.12. The fraction of sp³-hybridized carbons (Fsp3) is 0.267. The number of aromatic amines is 1. The fourth-order valence-electron chi connectivity index (χ4n) is 4.20. The molecule has 3 N–H and O–H groups in total. The monoisotopic (exact) mass is 583 g/mol. The predicted molar refractivity (Wildman–Crippen MR) is 159 cm³/mol. The number of aldehydes is 2. The van der Waals surface area contributed by atoms with Crippen molar-refractivity contribution in [1.82, 2.24) is 9.88 Å². The second-order valence-corrected chi connectivity index (χ2v) is 9.19. The van der Waals surface area contributed by atoms with Crippen molar-refractivity contribution < 1.29 is 33.8 Å². The average molecular weight is 584 g/mol. The number of ketones is 1. The number of aromatic nitrogens is 1. The minimum absolute atomic E-state index is 0.209. The highest BCUT2D eigenvalue weighted by Gasteiger charge is 2.24. The van der Waals surface area contributed by atoms with Crippen molar-refractivity contribution in [2.24, 2.45) is 0 Å². The van der Waals surface area contributed by atoms with Gasteiger partial charge in [-0.15, -0.1) is 0 Å². The summed E-state index contributed by atoms with van der Waals surface area (Å²) in [6.07, 6.45) is 4.53. The number of likely N-dealkylation sites (N-methyl/N-ethyl adjacent to an activating group) is 1. The zero-order valence-corrected chi connectivity index (χ0v) is 24.3. The lowest BCUT2D eigenvalue weighted by atomic mass is 9.96. The molecule has 3 rings (SSSR count). The van der Waals surface area contributed by atoms with Gasteiger partial charge in [-0.05, 0) is 61.0 Å². The number of carbonyl (C=O) groups excluding carboxylic acids is 4. The molecule has 0 fully saturated rings. The summed E-state index contributed by atoms with van der Waals surface area (Å²) in [5.41, 5.74) is 2.90. The van der Waals surface area contributed by atoms with Crippen molar-refractivity contribution in [2.75, 3.05) is 40.3 Å². The number of hydrogen-bond donors (Lipinski definition) is 3. The zero-order valence-electron chi connectivity index (χ0n) is 23.6. The maximum Gasteiger partial charge on any atom is 0.247 e. The second-order valence-electron chi connectivity index (χ2n) is 8.76. The van der Waals surface area contributed by atoms with Crippen molar-refractivity contribution >= 4 is 58.0 Å². The summed E-state index contributed by atoms with van der Waals surface area (Å²) in [7, 11) is 5.68. The van der Waals surface area contributed by atoms with Crippen LogP contribution in [0.4, 0.5) is 5.69 Å². The number of hydrogen-bond acceptors (Lipinski definition) is 8. The van der Waals surface area contributed by atoms with Crippen molar-refractivity contribution in [3.8, 4) is 0 Å². The number of aliphatic hydroxyl groups excluding tert-OH is 1. The molecule has 0 bridgehead atoms. The molecule has 0 spiro atoms. The van der Waals surface area contributed by atoms with Crippen LogP contribution in [0.3, 0.4) is 0 Å². The first-order chi connectivity index (χ1) is 19.7. The largest absolute Gasteiger partial charge is 0.495 e. The smallest absolute Gasteiger partial charge is 0.247 e. The van der Waals surface area contributed by atoms with Gasteiger partial charge in [-0.2, -0.15) is 0 Å². The highest BCUT2D eigenvalue weighted by atomic mass is 35.5. The number of methoxy groups -OCH3 is 2. The summed E-state index contributed by atoms with van der Waals surface area (Å²) in [5.74, 6) is -0.265. The first-order valence-corrected chi connectivity index (χ1v) is 12.9. The first-order valence-electron chi connectivity index (χ1n) is 12.5. The number of benzene rings is 2. The van der Waals surface area contributed by atoms with Crippen LogP contribution < -0.4 is 5.32 Å². The van der Waals surface area contributed by atoms with Gasteiger partial charge in [0.2, 0.25) is 5.91 Å². The number of aliphatic hydroxyl groups is 1. The van der Waals surface area contributed by atoms with Gasteiger partial charge >= 0.3 is 0 Å². The molecule has 0 aliphatic rings. The van der Waals surface area contributed by atoms with Crippen LogP contribution in [0.25, 0.3) is 16.5 Å². The van der Waals surface area contributed by atoms with Gasteiger partial charge in [0.05, 0.1) is 12.8 Å². The van der Waals surface area contributed by atoms with Gasteiger partial charge in [0, 0.05) is 73.2 Å². The Labute approximate surface area is 243 Å². The summed E-state index contributed by atoms with van der Waals surface area (Å²) in [6.45, 7) is 1.72. The van der Waals surface area contributed by atoms with E-state index in [4.69, 9.17) is 26.2 Å². The molecule has 3 aromatic rings. The SMILES string of the molecule is CO.COCCC(C(=O)Nc1ccc2[nH]c(C=O)cc2c1)N(C)/C=C(OC)\C(=C/C=O)c1cc(Cl)ccc1C(C)=O. The Bertz CT molecular complexity index is 1450. The van der Waals surface area contributed by atoms with Crippen molar-refractivity contribution in [3.05, 3.63) is 82.3 Å².